The molecule has 0 spiro atoms. The van der Waals surface area contributed by atoms with Crippen molar-refractivity contribution in [3.8, 4) is 0 Å². The number of fused-ring (bicyclic) bond motifs is 4. The predicted octanol–water partition coefficient (Wildman–Crippen LogP) is 5.65. The summed E-state index contributed by atoms with van der Waals surface area (Å²) in [6.07, 6.45) is 0.985. The highest BCUT2D eigenvalue weighted by atomic mass is 35.5. The van der Waals surface area contributed by atoms with Gasteiger partial charge in [0.25, 0.3) is 0 Å². The van der Waals surface area contributed by atoms with Gasteiger partial charge in [-0.2, -0.15) is 0 Å². The Morgan fingerprint density at radius 2 is 2.08 bits per heavy atom. The van der Waals surface area contributed by atoms with Gasteiger partial charge in [0.1, 0.15) is 5.52 Å². The van der Waals surface area contributed by atoms with Crippen LogP contribution in [0.5, 0.6) is 0 Å². The number of H-pyrrole nitrogens is 1. The molecule has 6 heteroatoms. The fourth-order valence-electron chi connectivity index (χ4n) is 3.41. The number of rotatable bonds is 1. The second-order valence-electron chi connectivity index (χ2n) is 6.03. The SMILES string of the molecule is Clc1ccc2[nH]c3c(c2c1)CCN(c1nc2c(Cl)cccc2s1)C3. The summed E-state index contributed by atoms with van der Waals surface area (Å²) in [6.45, 7) is 1.78. The van der Waals surface area contributed by atoms with Gasteiger partial charge in [-0.3, -0.25) is 0 Å². The van der Waals surface area contributed by atoms with Crippen LogP contribution < -0.4 is 4.90 Å². The van der Waals surface area contributed by atoms with Crippen molar-refractivity contribution >= 4 is 60.8 Å². The van der Waals surface area contributed by atoms with E-state index in [1.54, 1.807) is 11.3 Å². The van der Waals surface area contributed by atoms with Crippen LogP contribution in [0.4, 0.5) is 5.13 Å². The van der Waals surface area contributed by atoms with Gasteiger partial charge >= 0.3 is 0 Å². The van der Waals surface area contributed by atoms with Crippen molar-refractivity contribution in [1.82, 2.24) is 9.97 Å². The lowest BCUT2D eigenvalue weighted by atomic mass is 10.0. The number of para-hydroxylation sites is 1. The van der Waals surface area contributed by atoms with E-state index in [-0.39, 0.29) is 0 Å². The van der Waals surface area contributed by atoms with Crippen molar-refractivity contribution in [2.45, 2.75) is 13.0 Å². The van der Waals surface area contributed by atoms with Crippen LogP contribution in [0.1, 0.15) is 11.3 Å². The fraction of sp³-hybridized carbons (Fsp3) is 0.167. The van der Waals surface area contributed by atoms with Gasteiger partial charge < -0.3 is 9.88 Å². The Morgan fingerprint density at radius 3 is 2.96 bits per heavy atom. The number of benzene rings is 2. The first kappa shape index (κ1) is 14.6. The highest BCUT2D eigenvalue weighted by Crippen LogP contribution is 2.36. The van der Waals surface area contributed by atoms with Crippen molar-refractivity contribution < 1.29 is 0 Å². The molecule has 0 radical (unpaired) electrons. The molecule has 1 aliphatic heterocycles. The summed E-state index contributed by atoms with van der Waals surface area (Å²) >= 11 is 14.1. The Bertz CT molecular complexity index is 1080. The predicted molar refractivity (Wildman–Crippen MR) is 103 cm³/mol. The van der Waals surface area contributed by atoms with E-state index in [0.29, 0.717) is 5.02 Å². The summed E-state index contributed by atoms with van der Waals surface area (Å²) in [5, 5.41) is 3.77. The van der Waals surface area contributed by atoms with Crippen LogP contribution in [0.25, 0.3) is 21.1 Å². The number of halogens is 2. The molecule has 0 amide bonds. The maximum atomic E-state index is 6.27. The van der Waals surface area contributed by atoms with E-state index < -0.39 is 0 Å². The number of nitrogens with one attached hydrogen (secondary N) is 1. The molecule has 24 heavy (non-hydrogen) atoms. The molecule has 0 bridgehead atoms. The third-order valence-corrected chi connectivity index (χ3v) is 6.19. The molecular weight excluding hydrogens is 361 g/mol. The second kappa shape index (κ2) is 5.38. The first-order chi connectivity index (χ1) is 11.7. The van der Waals surface area contributed by atoms with Gasteiger partial charge in [0, 0.05) is 28.2 Å². The molecule has 2 aromatic carbocycles. The molecule has 0 fully saturated rings. The van der Waals surface area contributed by atoms with Crippen LogP contribution in [0.2, 0.25) is 10.0 Å². The quantitative estimate of drug-likeness (QED) is 0.467. The van der Waals surface area contributed by atoms with Crippen LogP contribution in [-0.2, 0) is 13.0 Å². The number of hydrogen-bond acceptors (Lipinski definition) is 3. The molecule has 4 aromatic rings. The third kappa shape index (κ3) is 2.21. The number of hydrogen-bond donors (Lipinski definition) is 1. The molecular formula is C18H13Cl2N3S. The van der Waals surface area contributed by atoms with Crippen LogP contribution in [-0.4, -0.2) is 16.5 Å². The Balaban J connectivity index is 1.55. The first-order valence-corrected chi connectivity index (χ1v) is 9.35. The van der Waals surface area contributed by atoms with Gasteiger partial charge in [0.05, 0.1) is 16.3 Å². The molecule has 3 nitrogen and oxygen atoms in total. The van der Waals surface area contributed by atoms with Crippen LogP contribution in [0.15, 0.2) is 36.4 Å². The summed E-state index contributed by atoms with van der Waals surface area (Å²) in [5.74, 6) is 0. The van der Waals surface area contributed by atoms with Crippen molar-refractivity contribution in [3.63, 3.8) is 0 Å². The van der Waals surface area contributed by atoms with E-state index in [0.717, 1.165) is 45.4 Å². The van der Waals surface area contributed by atoms with Gasteiger partial charge in [-0.25, -0.2) is 4.98 Å². The first-order valence-electron chi connectivity index (χ1n) is 7.78. The summed E-state index contributed by atoms with van der Waals surface area (Å²) < 4.78 is 1.13. The van der Waals surface area contributed by atoms with Crippen molar-refractivity contribution in [1.29, 1.82) is 0 Å². The average Bonchev–Trinajstić information content (AvgIpc) is 3.16. The van der Waals surface area contributed by atoms with Crippen LogP contribution in [0.3, 0.4) is 0 Å². The highest BCUT2D eigenvalue weighted by molar-refractivity contribution is 7.22. The number of anilines is 1. The van der Waals surface area contributed by atoms with Crippen molar-refractivity contribution in [3.05, 3.63) is 57.7 Å². The zero-order valence-electron chi connectivity index (χ0n) is 12.6. The van der Waals surface area contributed by atoms with E-state index >= 15 is 0 Å². The Labute approximate surface area is 152 Å². The molecule has 0 unspecified atom stereocenters. The molecule has 5 rings (SSSR count). The molecule has 0 atom stereocenters. The van der Waals surface area contributed by atoms with Gasteiger partial charge in [0.15, 0.2) is 5.13 Å². The van der Waals surface area contributed by atoms with E-state index in [2.05, 4.69) is 28.1 Å². The summed E-state index contributed by atoms with van der Waals surface area (Å²) in [4.78, 5) is 10.6. The van der Waals surface area contributed by atoms with E-state index in [9.17, 15) is 0 Å². The van der Waals surface area contributed by atoms with Crippen LogP contribution in [0, 0.1) is 0 Å². The largest absolute Gasteiger partial charge is 0.357 e. The maximum absolute atomic E-state index is 6.27. The van der Waals surface area contributed by atoms with Gasteiger partial charge in [-0.15, -0.1) is 0 Å². The topological polar surface area (TPSA) is 31.9 Å². The lowest BCUT2D eigenvalue weighted by Gasteiger charge is -2.26. The molecule has 0 aliphatic carbocycles. The van der Waals surface area contributed by atoms with Crippen LogP contribution >= 0.6 is 34.5 Å². The van der Waals surface area contributed by atoms with Gasteiger partial charge in [0.2, 0.25) is 0 Å². The summed E-state index contributed by atoms with van der Waals surface area (Å²) in [6, 6.07) is 12.0. The van der Waals surface area contributed by atoms with E-state index in [4.69, 9.17) is 28.2 Å². The Kier molecular flexibility index (Phi) is 3.27. The molecule has 1 N–H and O–H groups in total. The Morgan fingerprint density at radius 1 is 1.17 bits per heavy atom. The molecule has 0 saturated heterocycles. The van der Waals surface area contributed by atoms with E-state index in [1.807, 2.05) is 18.2 Å². The lowest BCUT2D eigenvalue weighted by molar-refractivity contribution is 0.722. The van der Waals surface area contributed by atoms with Crippen molar-refractivity contribution in [2.75, 3.05) is 11.4 Å². The normalized spacial score (nSPS) is 14.5. The smallest absolute Gasteiger partial charge is 0.186 e. The number of nitrogens with zero attached hydrogens (tertiary/aromatic N) is 2. The zero-order valence-corrected chi connectivity index (χ0v) is 15.0. The van der Waals surface area contributed by atoms with E-state index in [1.165, 1.54) is 16.6 Å². The summed E-state index contributed by atoms with van der Waals surface area (Å²) in [5.41, 5.74) is 4.68. The monoisotopic (exact) mass is 373 g/mol. The molecule has 1 aliphatic rings. The summed E-state index contributed by atoms with van der Waals surface area (Å²) in [7, 11) is 0. The number of aromatic nitrogens is 2. The number of thiazole rings is 1. The minimum atomic E-state index is 0.716. The average molecular weight is 374 g/mol. The molecule has 3 heterocycles. The lowest BCUT2D eigenvalue weighted by Crippen LogP contribution is -2.29. The minimum absolute atomic E-state index is 0.716. The minimum Gasteiger partial charge on any atom is -0.357 e. The maximum Gasteiger partial charge on any atom is 0.186 e. The van der Waals surface area contributed by atoms with Gasteiger partial charge in [-0.1, -0.05) is 40.6 Å². The second-order valence-corrected chi connectivity index (χ2v) is 7.88. The standard InChI is InChI=1S/C18H13Cl2N3S/c19-10-4-5-14-12(8-10)11-6-7-23(9-15(11)21-14)18-22-17-13(20)2-1-3-16(17)24-18/h1-5,8,21H,6-7,9H2. The molecule has 2 aromatic heterocycles. The Hall–Kier alpha value is -1.75. The fourth-order valence-corrected chi connectivity index (χ4v) is 4.88. The van der Waals surface area contributed by atoms with Gasteiger partial charge in [-0.05, 0) is 42.3 Å². The molecule has 120 valence electrons. The third-order valence-electron chi connectivity index (χ3n) is 4.57. The zero-order chi connectivity index (χ0) is 16.3. The highest BCUT2D eigenvalue weighted by Gasteiger charge is 2.23. The number of aromatic amines is 1. The van der Waals surface area contributed by atoms with Crippen molar-refractivity contribution in [2.24, 2.45) is 0 Å². The molecule has 0 saturated carbocycles.